The molecule has 0 radical (unpaired) electrons. The standard InChI is InChI=1S/C20H20N2O7S/c1-20(2,3)29-15(23)8-7-12-11-30(27,28)18-14(10-13-6-4-5-9-21-13)17(24)22(18)16(12)19(25)26/h4-10,18H,11H2,1-3H3,(H,25,26)/b8-7+,14-10-/t18-/m1/s1. The minimum Gasteiger partial charge on any atom is -0.477 e. The maximum atomic E-state index is 12.8. The molecule has 1 aromatic heterocycles. The number of β-lactam (4-membered cyclic amide) rings is 1. The third-order valence-electron chi connectivity index (χ3n) is 4.23. The summed E-state index contributed by atoms with van der Waals surface area (Å²) in [4.78, 5) is 41.1. The predicted molar refractivity (Wildman–Crippen MR) is 106 cm³/mol. The molecule has 10 heteroatoms. The second-order valence-corrected chi connectivity index (χ2v) is 9.80. The van der Waals surface area contributed by atoms with Crippen LogP contribution in [0.25, 0.3) is 6.08 Å². The maximum Gasteiger partial charge on any atom is 0.352 e. The Labute approximate surface area is 173 Å². The lowest BCUT2D eigenvalue weighted by atomic mass is 10.0. The van der Waals surface area contributed by atoms with Gasteiger partial charge in [-0.15, -0.1) is 0 Å². The molecule has 1 atom stereocenters. The highest BCUT2D eigenvalue weighted by molar-refractivity contribution is 7.92. The SMILES string of the molecule is CC(C)(C)OC(=O)/C=C/C1=C(C(=O)O)N2C(=O)/C(=C/c3ccccn3)[C@H]2S(=O)(=O)C1. The van der Waals surface area contributed by atoms with Crippen LogP contribution in [0.5, 0.6) is 0 Å². The van der Waals surface area contributed by atoms with Crippen molar-refractivity contribution in [3.05, 3.63) is 59.1 Å². The van der Waals surface area contributed by atoms with Crippen molar-refractivity contribution in [2.24, 2.45) is 0 Å². The van der Waals surface area contributed by atoms with Crippen LogP contribution in [-0.2, 0) is 29.0 Å². The normalized spacial score (nSPS) is 22.1. The summed E-state index contributed by atoms with van der Waals surface area (Å²) >= 11 is 0. The molecule has 1 fully saturated rings. The van der Waals surface area contributed by atoms with Gasteiger partial charge >= 0.3 is 11.9 Å². The number of hydrogen-bond acceptors (Lipinski definition) is 7. The molecule has 1 N–H and O–H groups in total. The van der Waals surface area contributed by atoms with Crippen LogP contribution in [0.3, 0.4) is 0 Å². The number of esters is 1. The number of rotatable bonds is 4. The molecule has 1 amide bonds. The molecule has 0 aromatic carbocycles. The molecule has 0 spiro atoms. The summed E-state index contributed by atoms with van der Waals surface area (Å²) in [5.41, 5.74) is -1.09. The van der Waals surface area contributed by atoms with E-state index in [1.54, 1.807) is 39.0 Å². The van der Waals surface area contributed by atoms with Crippen molar-refractivity contribution in [1.82, 2.24) is 9.88 Å². The van der Waals surface area contributed by atoms with Crippen molar-refractivity contribution in [2.45, 2.75) is 31.7 Å². The third kappa shape index (κ3) is 4.18. The summed E-state index contributed by atoms with van der Waals surface area (Å²) in [6, 6.07) is 4.95. The maximum absolute atomic E-state index is 12.8. The number of carboxylic acids is 1. The van der Waals surface area contributed by atoms with E-state index in [2.05, 4.69) is 4.98 Å². The van der Waals surface area contributed by atoms with Crippen molar-refractivity contribution < 1.29 is 32.6 Å². The fourth-order valence-electron chi connectivity index (χ4n) is 3.14. The fourth-order valence-corrected chi connectivity index (χ4v) is 5.04. The van der Waals surface area contributed by atoms with Gasteiger partial charge in [0.15, 0.2) is 15.2 Å². The zero-order valence-corrected chi connectivity index (χ0v) is 17.3. The number of allylic oxidation sites excluding steroid dienone is 1. The Bertz CT molecular complexity index is 1110. The molecule has 2 aliphatic heterocycles. The summed E-state index contributed by atoms with van der Waals surface area (Å²) in [6.07, 6.45) is 4.85. The molecule has 2 aliphatic rings. The number of ether oxygens (including phenoxy) is 1. The molecule has 0 unspecified atom stereocenters. The van der Waals surface area contributed by atoms with Gasteiger partial charge in [-0.05, 0) is 50.6 Å². The van der Waals surface area contributed by atoms with Crippen LogP contribution < -0.4 is 0 Å². The molecule has 30 heavy (non-hydrogen) atoms. The highest BCUT2D eigenvalue weighted by Crippen LogP contribution is 2.41. The van der Waals surface area contributed by atoms with Crippen LogP contribution in [-0.4, -0.2) is 58.0 Å². The lowest BCUT2D eigenvalue weighted by molar-refractivity contribution is -0.148. The number of sulfone groups is 1. The van der Waals surface area contributed by atoms with E-state index in [0.717, 1.165) is 17.1 Å². The highest BCUT2D eigenvalue weighted by Gasteiger charge is 2.56. The number of pyridine rings is 1. The number of carbonyl (C=O) groups excluding carboxylic acids is 2. The van der Waals surface area contributed by atoms with Gasteiger partial charge in [-0.2, -0.15) is 0 Å². The molecule has 0 bridgehead atoms. The lowest BCUT2D eigenvalue weighted by Crippen LogP contribution is -2.62. The van der Waals surface area contributed by atoms with Gasteiger partial charge in [-0.25, -0.2) is 18.0 Å². The molecular weight excluding hydrogens is 412 g/mol. The Morgan fingerprint density at radius 3 is 2.57 bits per heavy atom. The lowest BCUT2D eigenvalue weighted by Gasteiger charge is -2.45. The Hall–Kier alpha value is -3.27. The Balaban J connectivity index is 2.00. The van der Waals surface area contributed by atoms with Crippen molar-refractivity contribution in [2.75, 3.05) is 5.75 Å². The zero-order valence-electron chi connectivity index (χ0n) is 16.5. The molecule has 1 saturated heterocycles. The monoisotopic (exact) mass is 432 g/mol. The van der Waals surface area contributed by atoms with Gasteiger partial charge in [0.25, 0.3) is 5.91 Å². The zero-order chi connectivity index (χ0) is 22.3. The summed E-state index contributed by atoms with van der Waals surface area (Å²) in [6.45, 7) is 4.97. The number of fused-ring (bicyclic) bond motifs is 1. The van der Waals surface area contributed by atoms with Gasteiger partial charge in [0.1, 0.15) is 11.3 Å². The first-order chi connectivity index (χ1) is 13.9. The largest absolute Gasteiger partial charge is 0.477 e. The van der Waals surface area contributed by atoms with E-state index < -0.39 is 50.1 Å². The average molecular weight is 432 g/mol. The van der Waals surface area contributed by atoms with Crippen molar-refractivity contribution in [1.29, 1.82) is 0 Å². The molecular formula is C20H20N2O7S. The molecule has 158 valence electrons. The number of aliphatic carboxylic acids is 1. The van der Waals surface area contributed by atoms with Gasteiger partial charge in [0.05, 0.1) is 17.0 Å². The van der Waals surface area contributed by atoms with Crippen LogP contribution in [0.1, 0.15) is 26.5 Å². The van der Waals surface area contributed by atoms with E-state index in [9.17, 15) is 27.9 Å². The van der Waals surface area contributed by atoms with Crippen LogP contribution in [0, 0.1) is 0 Å². The molecule has 3 heterocycles. The summed E-state index contributed by atoms with van der Waals surface area (Å²) in [5.74, 6) is -3.61. The van der Waals surface area contributed by atoms with E-state index >= 15 is 0 Å². The minimum absolute atomic E-state index is 0.0531. The molecule has 1 aromatic rings. The quantitative estimate of drug-likeness (QED) is 0.428. The second-order valence-electron chi connectivity index (χ2n) is 7.73. The summed E-state index contributed by atoms with van der Waals surface area (Å²) in [7, 11) is -3.94. The predicted octanol–water partition coefficient (Wildman–Crippen LogP) is 1.30. The van der Waals surface area contributed by atoms with Gasteiger partial charge < -0.3 is 9.84 Å². The molecule has 0 aliphatic carbocycles. The van der Waals surface area contributed by atoms with E-state index in [1.807, 2.05) is 0 Å². The van der Waals surface area contributed by atoms with E-state index in [0.29, 0.717) is 5.69 Å². The van der Waals surface area contributed by atoms with Gasteiger partial charge in [0, 0.05) is 12.3 Å². The smallest absolute Gasteiger partial charge is 0.352 e. The Morgan fingerprint density at radius 1 is 1.30 bits per heavy atom. The molecule has 0 saturated carbocycles. The van der Waals surface area contributed by atoms with Gasteiger partial charge in [0.2, 0.25) is 0 Å². The number of nitrogens with zero attached hydrogens (tertiary/aromatic N) is 2. The Kier molecular flexibility index (Phi) is 5.38. The molecule has 3 rings (SSSR count). The average Bonchev–Trinajstić information content (AvgIpc) is 2.62. The number of hydrogen-bond donors (Lipinski definition) is 1. The van der Waals surface area contributed by atoms with Crippen molar-refractivity contribution in [3.63, 3.8) is 0 Å². The second kappa shape index (κ2) is 7.52. The highest BCUT2D eigenvalue weighted by atomic mass is 32.2. The number of amides is 1. The van der Waals surface area contributed by atoms with Gasteiger partial charge in [-0.3, -0.25) is 14.7 Å². The van der Waals surface area contributed by atoms with E-state index in [-0.39, 0.29) is 11.1 Å². The number of carbonyl (C=O) groups is 3. The minimum atomic E-state index is -3.94. The van der Waals surface area contributed by atoms with Crippen LogP contribution in [0.15, 0.2) is 53.4 Å². The third-order valence-corrected chi connectivity index (χ3v) is 6.09. The summed E-state index contributed by atoms with van der Waals surface area (Å²) < 4.78 is 30.7. The summed E-state index contributed by atoms with van der Waals surface area (Å²) in [5, 5.41) is 8.21. The first-order valence-electron chi connectivity index (χ1n) is 8.96. The molecule has 9 nitrogen and oxygen atoms in total. The van der Waals surface area contributed by atoms with Crippen molar-refractivity contribution in [3.8, 4) is 0 Å². The van der Waals surface area contributed by atoms with Gasteiger partial charge in [-0.1, -0.05) is 6.07 Å². The Morgan fingerprint density at radius 2 is 2.00 bits per heavy atom. The van der Waals surface area contributed by atoms with E-state index in [4.69, 9.17) is 4.74 Å². The topological polar surface area (TPSA) is 131 Å². The number of carboxylic acid groups (broad SMARTS) is 1. The number of aromatic nitrogens is 1. The first kappa shape index (κ1) is 21.4. The fraction of sp³-hybridized carbons (Fsp3) is 0.300. The van der Waals surface area contributed by atoms with Crippen LogP contribution in [0.2, 0.25) is 0 Å². The van der Waals surface area contributed by atoms with Crippen molar-refractivity contribution >= 4 is 33.8 Å². The van der Waals surface area contributed by atoms with Crippen LogP contribution >= 0.6 is 0 Å². The van der Waals surface area contributed by atoms with E-state index in [1.165, 1.54) is 12.3 Å². The first-order valence-corrected chi connectivity index (χ1v) is 10.7. The van der Waals surface area contributed by atoms with Crippen LogP contribution in [0.4, 0.5) is 0 Å².